The van der Waals surface area contributed by atoms with Crippen molar-refractivity contribution in [1.29, 1.82) is 0 Å². The van der Waals surface area contributed by atoms with E-state index in [1.165, 1.54) is 51.7 Å². The highest BCUT2D eigenvalue weighted by molar-refractivity contribution is 4.97. The summed E-state index contributed by atoms with van der Waals surface area (Å²) in [6.07, 6.45) is 7.11. The number of likely N-dealkylation sites (tertiary alicyclic amines) is 1. The Morgan fingerprint density at radius 2 is 2.00 bits per heavy atom. The zero-order chi connectivity index (χ0) is 12.8. The van der Waals surface area contributed by atoms with Crippen LogP contribution in [0.5, 0.6) is 0 Å². The van der Waals surface area contributed by atoms with Crippen LogP contribution in [0.25, 0.3) is 0 Å². The lowest BCUT2D eigenvalue weighted by molar-refractivity contribution is 0.0726. The highest BCUT2D eigenvalue weighted by Crippen LogP contribution is 2.42. The van der Waals surface area contributed by atoms with Crippen molar-refractivity contribution in [3.8, 4) is 0 Å². The van der Waals surface area contributed by atoms with Gasteiger partial charge in [0.15, 0.2) is 0 Å². The summed E-state index contributed by atoms with van der Waals surface area (Å²) in [7, 11) is 0. The Balaban J connectivity index is 1.62. The molecule has 2 heteroatoms. The van der Waals surface area contributed by atoms with Crippen molar-refractivity contribution in [2.45, 2.75) is 65.0 Å². The number of nitrogens with zero attached hydrogens (tertiary/aromatic N) is 1. The molecule has 104 valence electrons. The molecule has 0 aromatic heterocycles. The number of nitrogens with one attached hydrogen (secondary N) is 1. The van der Waals surface area contributed by atoms with Gasteiger partial charge in [-0.25, -0.2) is 0 Å². The smallest absolute Gasteiger partial charge is 0.0235 e. The molecule has 0 bridgehead atoms. The van der Waals surface area contributed by atoms with E-state index in [-0.39, 0.29) is 0 Å². The van der Waals surface area contributed by atoms with Crippen molar-refractivity contribution in [3.63, 3.8) is 0 Å². The molecule has 1 aliphatic carbocycles. The van der Waals surface area contributed by atoms with Gasteiger partial charge in [0.25, 0.3) is 0 Å². The molecule has 2 unspecified atom stereocenters. The lowest BCUT2D eigenvalue weighted by Crippen LogP contribution is -2.45. The van der Waals surface area contributed by atoms with E-state index < -0.39 is 0 Å². The molecule has 1 N–H and O–H groups in total. The van der Waals surface area contributed by atoms with Crippen molar-refractivity contribution >= 4 is 0 Å². The third kappa shape index (κ3) is 2.46. The fourth-order valence-corrected chi connectivity index (χ4v) is 4.83. The van der Waals surface area contributed by atoms with Gasteiger partial charge in [-0.1, -0.05) is 20.8 Å². The van der Waals surface area contributed by atoms with Crippen LogP contribution in [-0.4, -0.2) is 36.6 Å². The molecular weight excluding hydrogens is 220 g/mol. The maximum Gasteiger partial charge on any atom is 0.0235 e. The van der Waals surface area contributed by atoms with Crippen LogP contribution in [0.3, 0.4) is 0 Å². The summed E-state index contributed by atoms with van der Waals surface area (Å²) in [4.78, 5) is 2.83. The Morgan fingerprint density at radius 1 is 1.17 bits per heavy atom. The van der Waals surface area contributed by atoms with Gasteiger partial charge in [-0.2, -0.15) is 0 Å². The molecule has 1 saturated carbocycles. The molecule has 3 aliphatic rings. The topological polar surface area (TPSA) is 15.3 Å². The molecule has 2 saturated heterocycles. The first-order valence-corrected chi connectivity index (χ1v) is 8.03. The van der Waals surface area contributed by atoms with Crippen molar-refractivity contribution in [1.82, 2.24) is 10.2 Å². The van der Waals surface area contributed by atoms with Crippen LogP contribution >= 0.6 is 0 Å². The van der Waals surface area contributed by atoms with Crippen LogP contribution in [-0.2, 0) is 0 Å². The van der Waals surface area contributed by atoms with Gasteiger partial charge in [-0.15, -0.1) is 0 Å². The number of hydrogen-bond donors (Lipinski definition) is 1. The summed E-state index contributed by atoms with van der Waals surface area (Å²) in [6.45, 7) is 11.3. The van der Waals surface area contributed by atoms with Gasteiger partial charge in [0.1, 0.15) is 0 Å². The van der Waals surface area contributed by atoms with Crippen LogP contribution in [0.15, 0.2) is 0 Å². The highest BCUT2D eigenvalue weighted by Gasteiger charge is 2.41. The Bertz CT molecular complexity index is 285. The predicted molar refractivity (Wildman–Crippen MR) is 76.7 cm³/mol. The molecule has 0 aromatic carbocycles. The van der Waals surface area contributed by atoms with Gasteiger partial charge in [0.05, 0.1) is 0 Å². The second kappa shape index (κ2) is 4.79. The molecule has 0 aromatic rings. The molecule has 3 rings (SSSR count). The standard InChI is InChI=1S/C16H30N2/c1-12-9-16(2,3)7-6-15(12)18-10-13-5-4-8-17-14(13)11-18/h12-15,17H,4-11H2,1-3H3/t12?,13-,14+,15?/m0/s1. The Hall–Kier alpha value is -0.0800. The second-order valence-electron chi connectivity index (χ2n) is 7.87. The fourth-order valence-electron chi connectivity index (χ4n) is 4.83. The van der Waals surface area contributed by atoms with Crippen molar-refractivity contribution in [2.24, 2.45) is 17.3 Å². The van der Waals surface area contributed by atoms with E-state index in [1.54, 1.807) is 0 Å². The van der Waals surface area contributed by atoms with Gasteiger partial charge in [0.2, 0.25) is 0 Å². The minimum Gasteiger partial charge on any atom is -0.312 e. The molecule has 18 heavy (non-hydrogen) atoms. The van der Waals surface area contributed by atoms with Gasteiger partial charge in [-0.05, 0) is 55.9 Å². The second-order valence-corrected chi connectivity index (χ2v) is 7.87. The van der Waals surface area contributed by atoms with Gasteiger partial charge >= 0.3 is 0 Å². The third-order valence-corrected chi connectivity index (χ3v) is 5.74. The minimum absolute atomic E-state index is 0.584. The number of piperidine rings is 1. The predicted octanol–water partition coefficient (Wildman–Crippen LogP) is 2.89. The van der Waals surface area contributed by atoms with Crippen LogP contribution in [0.4, 0.5) is 0 Å². The molecule has 4 atom stereocenters. The first kappa shape index (κ1) is 12.9. The van der Waals surface area contributed by atoms with E-state index in [4.69, 9.17) is 0 Å². The fraction of sp³-hybridized carbons (Fsp3) is 1.00. The Morgan fingerprint density at radius 3 is 2.72 bits per heavy atom. The van der Waals surface area contributed by atoms with Crippen molar-refractivity contribution < 1.29 is 0 Å². The number of fused-ring (bicyclic) bond motifs is 1. The normalized spacial score (nSPS) is 44.8. The molecule has 0 spiro atoms. The van der Waals surface area contributed by atoms with Crippen molar-refractivity contribution in [3.05, 3.63) is 0 Å². The average molecular weight is 250 g/mol. The summed E-state index contributed by atoms with van der Waals surface area (Å²) >= 11 is 0. The quantitative estimate of drug-likeness (QED) is 0.770. The maximum absolute atomic E-state index is 3.74. The average Bonchev–Trinajstić information content (AvgIpc) is 2.70. The first-order valence-electron chi connectivity index (χ1n) is 8.03. The SMILES string of the molecule is CC1CC(C)(C)CCC1N1C[C@@H]2CCCN[C@@H]2C1. The van der Waals surface area contributed by atoms with E-state index in [0.29, 0.717) is 5.41 Å². The van der Waals surface area contributed by atoms with Gasteiger partial charge < -0.3 is 5.32 Å². The van der Waals surface area contributed by atoms with E-state index in [0.717, 1.165) is 23.9 Å². The lowest BCUT2D eigenvalue weighted by Gasteiger charge is -2.43. The Kier molecular flexibility index (Phi) is 3.44. The van der Waals surface area contributed by atoms with E-state index in [9.17, 15) is 0 Å². The summed E-state index contributed by atoms with van der Waals surface area (Å²) in [5.41, 5.74) is 0.584. The minimum atomic E-state index is 0.584. The first-order chi connectivity index (χ1) is 8.55. The Labute approximate surface area is 113 Å². The summed E-state index contributed by atoms with van der Waals surface area (Å²) < 4.78 is 0. The largest absolute Gasteiger partial charge is 0.312 e. The van der Waals surface area contributed by atoms with E-state index >= 15 is 0 Å². The summed E-state index contributed by atoms with van der Waals surface area (Å²) in [6, 6.07) is 1.67. The monoisotopic (exact) mass is 250 g/mol. The molecule has 0 radical (unpaired) electrons. The van der Waals surface area contributed by atoms with Crippen molar-refractivity contribution in [2.75, 3.05) is 19.6 Å². The van der Waals surface area contributed by atoms with Gasteiger partial charge in [0, 0.05) is 25.2 Å². The molecule has 0 amide bonds. The van der Waals surface area contributed by atoms with Crippen LogP contribution in [0.1, 0.15) is 52.9 Å². The molecule has 2 heterocycles. The zero-order valence-corrected chi connectivity index (χ0v) is 12.4. The van der Waals surface area contributed by atoms with Gasteiger partial charge in [-0.3, -0.25) is 4.90 Å². The summed E-state index contributed by atoms with van der Waals surface area (Å²) in [5.74, 6) is 1.83. The van der Waals surface area contributed by atoms with Crippen LogP contribution in [0, 0.1) is 17.3 Å². The summed E-state index contributed by atoms with van der Waals surface area (Å²) in [5, 5.41) is 3.74. The molecule has 3 fully saturated rings. The highest BCUT2D eigenvalue weighted by atomic mass is 15.2. The molecular formula is C16H30N2. The third-order valence-electron chi connectivity index (χ3n) is 5.74. The number of hydrogen-bond acceptors (Lipinski definition) is 2. The molecule has 2 aliphatic heterocycles. The van der Waals surface area contributed by atoms with E-state index in [1.807, 2.05) is 0 Å². The maximum atomic E-state index is 3.74. The zero-order valence-electron chi connectivity index (χ0n) is 12.4. The van der Waals surface area contributed by atoms with E-state index in [2.05, 4.69) is 31.0 Å². The lowest BCUT2D eigenvalue weighted by atomic mass is 9.70. The van der Waals surface area contributed by atoms with Crippen LogP contribution in [0.2, 0.25) is 0 Å². The van der Waals surface area contributed by atoms with Crippen LogP contribution < -0.4 is 5.32 Å². The molecule has 2 nitrogen and oxygen atoms in total. The number of rotatable bonds is 1.